The van der Waals surface area contributed by atoms with Gasteiger partial charge in [0.1, 0.15) is 0 Å². The van der Waals surface area contributed by atoms with E-state index in [0.29, 0.717) is 0 Å². The van der Waals surface area contributed by atoms with Crippen LogP contribution >= 0.6 is 7.92 Å². The second kappa shape index (κ2) is 4.37. The highest BCUT2D eigenvalue weighted by Gasteiger charge is 2.14. The van der Waals surface area contributed by atoms with Crippen LogP contribution in [0.4, 0.5) is 0 Å². The van der Waals surface area contributed by atoms with Gasteiger partial charge < -0.3 is 0 Å². The minimum absolute atomic E-state index is 0.0527. The first-order valence-corrected chi connectivity index (χ1v) is 7.35. The first kappa shape index (κ1) is 10.1. The van der Waals surface area contributed by atoms with Crippen LogP contribution in [0.1, 0.15) is 12.1 Å². The summed E-state index contributed by atoms with van der Waals surface area (Å²) < 4.78 is 0. The predicted molar refractivity (Wildman–Crippen MR) is 62.5 cm³/mol. The van der Waals surface area contributed by atoms with E-state index in [1.165, 1.54) is 30.6 Å². The van der Waals surface area contributed by atoms with Gasteiger partial charge in [-0.3, -0.25) is 9.88 Å². The fourth-order valence-electron chi connectivity index (χ4n) is 1.57. The van der Waals surface area contributed by atoms with E-state index in [2.05, 4.69) is 41.4 Å². The SMILES string of the molecule is CP(C)c1cccc(CN2CCC2)n1. The normalized spacial score (nSPS) is 17.1. The van der Waals surface area contributed by atoms with Crippen LogP contribution in [0.2, 0.25) is 0 Å². The Hall–Kier alpha value is -0.460. The third kappa shape index (κ3) is 2.31. The second-order valence-electron chi connectivity index (χ2n) is 4.01. The molecule has 0 N–H and O–H groups in total. The molecule has 0 atom stereocenters. The van der Waals surface area contributed by atoms with Gasteiger partial charge in [0.2, 0.25) is 0 Å². The lowest BCUT2D eigenvalue weighted by Gasteiger charge is -2.30. The van der Waals surface area contributed by atoms with Gasteiger partial charge in [-0.1, -0.05) is 14.0 Å². The van der Waals surface area contributed by atoms with Crippen LogP contribution < -0.4 is 5.44 Å². The van der Waals surface area contributed by atoms with Crippen LogP contribution in [0.15, 0.2) is 18.2 Å². The highest BCUT2D eigenvalue weighted by Crippen LogP contribution is 2.22. The molecule has 0 spiro atoms. The molecule has 1 aliphatic heterocycles. The van der Waals surface area contributed by atoms with Crippen molar-refractivity contribution in [2.75, 3.05) is 26.4 Å². The summed E-state index contributed by atoms with van der Waals surface area (Å²) in [6, 6.07) is 6.42. The van der Waals surface area contributed by atoms with Crippen molar-refractivity contribution in [1.29, 1.82) is 0 Å². The molecule has 2 rings (SSSR count). The summed E-state index contributed by atoms with van der Waals surface area (Å²) in [5, 5.41) is 0. The Morgan fingerprint density at radius 1 is 1.36 bits per heavy atom. The maximum absolute atomic E-state index is 4.68. The first-order valence-electron chi connectivity index (χ1n) is 5.11. The van der Waals surface area contributed by atoms with Gasteiger partial charge in [0.15, 0.2) is 0 Å². The largest absolute Gasteiger partial charge is 0.297 e. The summed E-state index contributed by atoms with van der Waals surface area (Å²) in [6.45, 7) is 8.05. The van der Waals surface area contributed by atoms with Gasteiger partial charge in [-0.05, 0) is 45.0 Å². The number of likely N-dealkylation sites (tertiary alicyclic amines) is 1. The van der Waals surface area contributed by atoms with Crippen molar-refractivity contribution in [2.45, 2.75) is 13.0 Å². The second-order valence-corrected chi connectivity index (χ2v) is 6.26. The van der Waals surface area contributed by atoms with E-state index in [9.17, 15) is 0 Å². The van der Waals surface area contributed by atoms with Crippen molar-refractivity contribution in [3.8, 4) is 0 Å². The third-order valence-electron chi connectivity index (χ3n) is 2.58. The van der Waals surface area contributed by atoms with E-state index in [0.717, 1.165) is 6.54 Å². The van der Waals surface area contributed by atoms with Gasteiger partial charge in [0.25, 0.3) is 0 Å². The van der Waals surface area contributed by atoms with Crippen molar-refractivity contribution in [3.05, 3.63) is 23.9 Å². The van der Waals surface area contributed by atoms with Crippen LogP contribution in [0, 0.1) is 0 Å². The number of nitrogens with zero attached hydrogens (tertiary/aromatic N) is 2. The van der Waals surface area contributed by atoms with E-state index >= 15 is 0 Å². The number of aromatic nitrogens is 1. The minimum Gasteiger partial charge on any atom is -0.297 e. The van der Waals surface area contributed by atoms with Crippen molar-refractivity contribution in [2.24, 2.45) is 0 Å². The molecule has 2 heterocycles. The fraction of sp³-hybridized carbons (Fsp3) is 0.545. The summed E-state index contributed by atoms with van der Waals surface area (Å²) >= 11 is 0. The standard InChI is InChI=1S/C11H17N2P/c1-14(2)11-6-3-5-10(12-11)9-13-7-4-8-13/h3,5-6H,4,7-9H2,1-2H3. The van der Waals surface area contributed by atoms with Crippen LogP contribution in [-0.2, 0) is 6.54 Å². The van der Waals surface area contributed by atoms with E-state index in [-0.39, 0.29) is 7.92 Å². The Kier molecular flexibility index (Phi) is 3.15. The van der Waals surface area contributed by atoms with Gasteiger partial charge >= 0.3 is 0 Å². The molecule has 0 aliphatic carbocycles. The van der Waals surface area contributed by atoms with Crippen LogP contribution in [0.5, 0.6) is 0 Å². The lowest BCUT2D eigenvalue weighted by atomic mass is 10.2. The Morgan fingerprint density at radius 3 is 2.71 bits per heavy atom. The van der Waals surface area contributed by atoms with Crippen molar-refractivity contribution in [1.82, 2.24) is 9.88 Å². The molecule has 1 saturated heterocycles. The van der Waals surface area contributed by atoms with Gasteiger partial charge in [-0.15, -0.1) is 0 Å². The molecule has 0 aromatic carbocycles. The number of pyridine rings is 1. The van der Waals surface area contributed by atoms with Crippen molar-refractivity contribution >= 4 is 13.4 Å². The summed E-state index contributed by atoms with van der Waals surface area (Å²) in [5.74, 6) is 0. The minimum atomic E-state index is -0.0527. The number of hydrogen-bond acceptors (Lipinski definition) is 2. The zero-order valence-corrected chi connectivity index (χ0v) is 9.80. The first-order chi connectivity index (χ1) is 6.75. The molecule has 1 aliphatic rings. The molecule has 0 unspecified atom stereocenters. The zero-order valence-electron chi connectivity index (χ0n) is 8.90. The summed E-state index contributed by atoms with van der Waals surface area (Å²) in [6.07, 6.45) is 1.36. The van der Waals surface area contributed by atoms with Gasteiger partial charge in [0, 0.05) is 6.54 Å². The predicted octanol–water partition coefficient (Wildman–Crippen LogP) is 1.65. The topological polar surface area (TPSA) is 16.1 Å². The van der Waals surface area contributed by atoms with E-state index in [4.69, 9.17) is 0 Å². The maximum atomic E-state index is 4.68. The summed E-state index contributed by atoms with van der Waals surface area (Å²) in [7, 11) is -0.0527. The lowest BCUT2D eigenvalue weighted by Crippen LogP contribution is -2.36. The Morgan fingerprint density at radius 2 is 2.14 bits per heavy atom. The van der Waals surface area contributed by atoms with Crippen molar-refractivity contribution in [3.63, 3.8) is 0 Å². The highest BCUT2D eigenvalue weighted by molar-refractivity contribution is 7.63. The molecule has 1 aromatic heterocycles. The highest BCUT2D eigenvalue weighted by atomic mass is 31.1. The molecule has 1 aromatic rings. The van der Waals surface area contributed by atoms with Crippen molar-refractivity contribution < 1.29 is 0 Å². The van der Waals surface area contributed by atoms with E-state index in [1.807, 2.05) is 0 Å². The fourth-order valence-corrected chi connectivity index (χ4v) is 2.29. The van der Waals surface area contributed by atoms with Gasteiger partial charge in [-0.25, -0.2) is 0 Å². The monoisotopic (exact) mass is 208 g/mol. The quantitative estimate of drug-likeness (QED) is 0.702. The smallest absolute Gasteiger partial charge is 0.0629 e. The van der Waals surface area contributed by atoms with E-state index < -0.39 is 0 Å². The van der Waals surface area contributed by atoms with Gasteiger partial charge in [0.05, 0.1) is 11.1 Å². The maximum Gasteiger partial charge on any atom is 0.0629 e. The Bertz CT molecular complexity index is 308. The summed E-state index contributed by atoms with van der Waals surface area (Å²) in [4.78, 5) is 7.13. The molecule has 76 valence electrons. The number of rotatable bonds is 3. The Labute approximate surface area is 87.1 Å². The zero-order chi connectivity index (χ0) is 9.97. The number of hydrogen-bond donors (Lipinski definition) is 0. The Balaban J connectivity index is 2.05. The molecule has 2 nitrogen and oxygen atoms in total. The molecular weight excluding hydrogens is 191 g/mol. The molecule has 0 amide bonds. The van der Waals surface area contributed by atoms with Gasteiger partial charge in [-0.2, -0.15) is 0 Å². The molecule has 0 radical (unpaired) electrons. The molecule has 14 heavy (non-hydrogen) atoms. The average Bonchev–Trinajstić information content (AvgIpc) is 2.12. The van der Waals surface area contributed by atoms with E-state index in [1.54, 1.807) is 0 Å². The lowest BCUT2D eigenvalue weighted by molar-refractivity contribution is 0.170. The van der Waals surface area contributed by atoms with Crippen LogP contribution in [0.3, 0.4) is 0 Å². The molecule has 0 saturated carbocycles. The molecule has 0 bridgehead atoms. The van der Waals surface area contributed by atoms with Crippen LogP contribution in [0.25, 0.3) is 0 Å². The summed E-state index contributed by atoms with van der Waals surface area (Å²) in [5.41, 5.74) is 2.51. The molecule has 1 fully saturated rings. The molecular formula is C11H17N2P. The van der Waals surface area contributed by atoms with Crippen LogP contribution in [-0.4, -0.2) is 36.3 Å². The third-order valence-corrected chi connectivity index (χ3v) is 3.75. The average molecular weight is 208 g/mol. The molecule has 3 heteroatoms.